The van der Waals surface area contributed by atoms with E-state index in [9.17, 15) is 4.79 Å². The van der Waals surface area contributed by atoms with Crippen molar-refractivity contribution in [2.75, 3.05) is 6.54 Å². The standard InChI is InChI=1S/C23H21N3O2S/c1-14-18-15(2)25-20(17-9-6-12-28-17)26-22(18)29-19(14)21(27)24-13-23(10-11-23)16-7-4-3-5-8-16/h3-9,12H,10-11,13H2,1-2H3,(H,24,27). The van der Waals surface area contributed by atoms with Crippen LogP contribution in [0.4, 0.5) is 0 Å². The Labute approximate surface area is 172 Å². The van der Waals surface area contributed by atoms with Crippen LogP contribution in [0.5, 0.6) is 0 Å². The molecule has 1 fully saturated rings. The van der Waals surface area contributed by atoms with Crippen LogP contribution in [0, 0.1) is 13.8 Å². The van der Waals surface area contributed by atoms with Crippen molar-refractivity contribution in [3.05, 3.63) is 70.4 Å². The topological polar surface area (TPSA) is 68.0 Å². The highest BCUT2D eigenvalue weighted by molar-refractivity contribution is 7.20. The molecule has 6 heteroatoms. The van der Waals surface area contributed by atoms with Crippen molar-refractivity contribution in [1.29, 1.82) is 0 Å². The fourth-order valence-corrected chi connectivity index (χ4v) is 5.06. The molecule has 1 aliphatic rings. The van der Waals surface area contributed by atoms with Gasteiger partial charge in [-0.2, -0.15) is 0 Å². The van der Waals surface area contributed by atoms with Crippen LogP contribution in [0.1, 0.15) is 39.3 Å². The summed E-state index contributed by atoms with van der Waals surface area (Å²) in [5.74, 6) is 1.14. The predicted octanol–water partition coefficient (Wildman–Crippen LogP) is 5.03. The first kappa shape index (κ1) is 18.1. The fourth-order valence-electron chi connectivity index (χ4n) is 3.91. The Kier molecular flexibility index (Phi) is 4.24. The van der Waals surface area contributed by atoms with E-state index in [1.165, 1.54) is 16.9 Å². The van der Waals surface area contributed by atoms with Crippen molar-refractivity contribution >= 4 is 27.5 Å². The number of fused-ring (bicyclic) bond motifs is 1. The summed E-state index contributed by atoms with van der Waals surface area (Å²) in [6.45, 7) is 4.58. The van der Waals surface area contributed by atoms with Crippen LogP contribution in [0.25, 0.3) is 21.8 Å². The summed E-state index contributed by atoms with van der Waals surface area (Å²) in [5, 5.41) is 4.13. The lowest BCUT2D eigenvalue weighted by molar-refractivity contribution is 0.0953. The first-order chi connectivity index (χ1) is 14.1. The minimum atomic E-state index is -0.0355. The summed E-state index contributed by atoms with van der Waals surface area (Å²) in [6.07, 6.45) is 3.83. The number of carbonyl (C=O) groups is 1. The number of rotatable bonds is 5. The van der Waals surface area contributed by atoms with Gasteiger partial charge in [0.2, 0.25) is 0 Å². The van der Waals surface area contributed by atoms with Gasteiger partial charge >= 0.3 is 0 Å². The van der Waals surface area contributed by atoms with Gasteiger partial charge in [-0.15, -0.1) is 11.3 Å². The Bertz CT molecular complexity index is 1190. The molecule has 146 valence electrons. The number of hydrogen-bond acceptors (Lipinski definition) is 5. The molecular weight excluding hydrogens is 382 g/mol. The third kappa shape index (κ3) is 3.13. The van der Waals surface area contributed by atoms with Gasteiger partial charge in [-0.1, -0.05) is 30.3 Å². The maximum absolute atomic E-state index is 13.0. The Hall–Kier alpha value is -2.99. The van der Waals surface area contributed by atoms with Crippen molar-refractivity contribution in [3.63, 3.8) is 0 Å². The first-order valence-electron chi connectivity index (χ1n) is 9.73. The zero-order valence-electron chi connectivity index (χ0n) is 16.4. The second kappa shape index (κ2) is 6.81. The second-order valence-electron chi connectivity index (χ2n) is 7.68. The maximum Gasteiger partial charge on any atom is 0.261 e. The molecule has 1 saturated carbocycles. The number of furan rings is 1. The normalized spacial score (nSPS) is 14.8. The third-order valence-electron chi connectivity index (χ3n) is 5.75. The molecule has 5 nitrogen and oxygen atoms in total. The molecule has 0 radical (unpaired) electrons. The molecule has 29 heavy (non-hydrogen) atoms. The molecule has 4 aromatic rings. The van der Waals surface area contributed by atoms with Gasteiger partial charge < -0.3 is 9.73 Å². The smallest absolute Gasteiger partial charge is 0.261 e. The number of nitrogens with one attached hydrogen (secondary N) is 1. The second-order valence-corrected chi connectivity index (χ2v) is 8.67. The van der Waals surface area contributed by atoms with Gasteiger partial charge in [-0.3, -0.25) is 4.79 Å². The van der Waals surface area contributed by atoms with E-state index in [-0.39, 0.29) is 11.3 Å². The van der Waals surface area contributed by atoms with Crippen LogP contribution in [0.2, 0.25) is 0 Å². The average Bonchev–Trinajstić information content (AvgIpc) is 3.16. The molecule has 3 aromatic heterocycles. The van der Waals surface area contributed by atoms with Crippen molar-refractivity contribution in [1.82, 2.24) is 15.3 Å². The van der Waals surface area contributed by atoms with E-state index in [0.717, 1.165) is 34.3 Å². The van der Waals surface area contributed by atoms with Crippen LogP contribution < -0.4 is 5.32 Å². The molecule has 0 unspecified atom stereocenters. The van der Waals surface area contributed by atoms with Crippen LogP contribution in [0.15, 0.2) is 53.1 Å². The van der Waals surface area contributed by atoms with E-state index >= 15 is 0 Å². The number of aryl methyl sites for hydroxylation is 2. The molecule has 0 aliphatic heterocycles. The maximum atomic E-state index is 13.0. The molecule has 0 saturated heterocycles. The summed E-state index contributed by atoms with van der Waals surface area (Å²) in [6, 6.07) is 14.1. The molecule has 0 spiro atoms. The highest BCUT2D eigenvalue weighted by Gasteiger charge is 2.44. The van der Waals surface area contributed by atoms with Gasteiger partial charge in [-0.25, -0.2) is 9.97 Å². The van der Waals surface area contributed by atoms with E-state index in [0.29, 0.717) is 23.0 Å². The van der Waals surface area contributed by atoms with E-state index in [1.54, 1.807) is 6.26 Å². The average molecular weight is 404 g/mol. The number of amides is 1. The number of aromatic nitrogens is 2. The Morgan fingerprint density at radius 2 is 1.93 bits per heavy atom. The van der Waals surface area contributed by atoms with E-state index in [4.69, 9.17) is 4.42 Å². The van der Waals surface area contributed by atoms with Gasteiger partial charge in [0.25, 0.3) is 5.91 Å². The van der Waals surface area contributed by atoms with Crippen LogP contribution in [0.3, 0.4) is 0 Å². The zero-order valence-corrected chi connectivity index (χ0v) is 17.2. The molecule has 1 amide bonds. The molecule has 1 aromatic carbocycles. The van der Waals surface area contributed by atoms with Gasteiger partial charge in [0.05, 0.1) is 16.8 Å². The SMILES string of the molecule is Cc1nc(-c2ccco2)nc2sc(C(=O)NCC3(c4ccccc4)CC3)c(C)c12. The lowest BCUT2D eigenvalue weighted by atomic mass is 9.96. The van der Waals surface area contributed by atoms with Crippen molar-refractivity contribution in [2.45, 2.75) is 32.1 Å². The van der Waals surface area contributed by atoms with E-state index in [1.807, 2.05) is 32.0 Å². The Morgan fingerprint density at radius 3 is 2.62 bits per heavy atom. The molecule has 5 rings (SSSR count). The van der Waals surface area contributed by atoms with Crippen LogP contribution >= 0.6 is 11.3 Å². The quantitative estimate of drug-likeness (QED) is 0.507. The number of benzene rings is 1. The molecule has 0 atom stereocenters. The molecular formula is C23H21N3O2S. The Balaban J connectivity index is 1.42. The number of carbonyl (C=O) groups excluding carboxylic acids is 1. The zero-order chi connectivity index (χ0) is 20.0. The summed E-state index contributed by atoms with van der Waals surface area (Å²) in [4.78, 5) is 23.7. The largest absolute Gasteiger partial charge is 0.461 e. The minimum absolute atomic E-state index is 0.0355. The molecule has 1 N–H and O–H groups in total. The first-order valence-corrected chi connectivity index (χ1v) is 10.5. The number of nitrogens with zero attached hydrogens (tertiary/aromatic N) is 2. The molecule has 3 heterocycles. The predicted molar refractivity (Wildman–Crippen MR) is 114 cm³/mol. The van der Waals surface area contributed by atoms with E-state index in [2.05, 4.69) is 39.6 Å². The fraction of sp³-hybridized carbons (Fsp3) is 0.261. The van der Waals surface area contributed by atoms with E-state index < -0.39 is 0 Å². The lowest BCUT2D eigenvalue weighted by Crippen LogP contribution is -2.32. The van der Waals surface area contributed by atoms with Gasteiger partial charge in [0.1, 0.15) is 4.83 Å². The van der Waals surface area contributed by atoms with Gasteiger partial charge in [-0.05, 0) is 49.9 Å². The van der Waals surface area contributed by atoms with Crippen molar-refractivity contribution < 1.29 is 9.21 Å². The lowest BCUT2D eigenvalue weighted by Gasteiger charge is -2.16. The minimum Gasteiger partial charge on any atom is -0.461 e. The van der Waals surface area contributed by atoms with Gasteiger partial charge in [0.15, 0.2) is 11.6 Å². The molecule has 0 bridgehead atoms. The van der Waals surface area contributed by atoms with Gasteiger partial charge in [0, 0.05) is 17.3 Å². The highest BCUT2D eigenvalue weighted by Crippen LogP contribution is 2.47. The Morgan fingerprint density at radius 1 is 1.14 bits per heavy atom. The van der Waals surface area contributed by atoms with Crippen LogP contribution in [-0.4, -0.2) is 22.4 Å². The number of thiophene rings is 1. The third-order valence-corrected chi connectivity index (χ3v) is 6.93. The summed E-state index contributed by atoms with van der Waals surface area (Å²) in [7, 11) is 0. The number of hydrogen-bond donors (Lipinski definition) is 1. The van der Waals surface area contributed by atoms with Crippen molar-refractivity contribution in [2.24, 2.45) is 0 Å². The highest BCUT2D eigenvalue weighted by atomic mass is 32.1. The molecule has 1 aliphatic carbocycles. The monoisotopic (exact) mass is 403 g/mol. The summed E-state index contributed by atoms with van der Waals surface area (Å²) in [5.41, 5.74) is 3.19. The summed E-state index contributed by atoms with van der Waals surface area (Å²) < 4.78 is 5.43. The summed E-state index contributed by atoms with van der Waals surface area (Å²) >= 11 is 1.42. The van der Waals surface area contributed by atoms with Crippen molar-refractivity contribution in [3.8, 4) is 11.6 Å². The van der Waals surface area contributed by atoms with Crippen LogP contribution in [-0.2, 0) is 5.41 Å².